The molecular weight excluding hydrogens is 426 g/mol. The van der Waals surface area contributed by atoms with Crippen molar-refractivity contribution in [3.05, 3.63) is 56.0 Å². The van der Waals surface area contributed by atoms with Gasteiger partial charge < -0.3 is 0 Å². The van der Waals surface area contributed by atoms with Crippen LogP contribution in [0.1, 0.15) is 56.0 Å². The molecular formula is C22H27N7O2S. The van der Waals surface area contributed by atoms with Gasteiger partial charge in [0.15, 0.2) is 5.65 Å². The predicted molar refractivity (Wildman–Crippen MR) is 125 cm³/mol. The van der Waals surface area contributed by atoms with Crippen LogP contribution >= 0.6 is 11.8 Å². The van der Waals surface area contributed by atoms with Crippen molar-refractivity contribution in [1.29, 1.82) is 0 Å². The van der Waals surface area contributed by atoms with Crippen molar-refractivity contribution < 1.29 is 0 Å². The summed E-state index contributed by atoms with van der Waals surface area (Å²) in [6.07, 6.45) is 2.71. The Labute approximate surface area is 189 Å². The van der Waals surface area contributed by atoms with Gasteiger partial charge in [0.2, 0.25) is 5.78 Å². The number of hydrogen-bond donors (Lipinski definition) is 0. The maximum Gasteiger partial charge on any atom is 0.332 e. The summed E-state index contributed by atoms with van der Waals surface area (Å²) < 4.78 is 4.68. The molecule has 0 aliphatic carbocycles. The molecule has 4 heterocycles. The van der Waals surface area contributed by atoms with Crippen LogP contribution in [0, 0.1) is 13.8 Å². The third-order valence-electron chi connectivity index (χ3n) is 5.30. The summed E-state index contributed by atoms with van der Waals surface area (Å²) >= 11 is 1.43. The van der Waals surface area contributed by atoms with E-state index in [1.807, 2.05) is 51.3 Å². The molecule has 0 atom stereocenters. The van der Waals surface area contributed by atoms with Crippen LogP contribution in [0.2, 0.25) is 0 Å². The molecule has 0 aromatic carbocycles. The quantitative estimate of drug-likeness (QED) is 0.327. The van der Waals surface area contributed by atoms with E-state index in [2.05, 4.69) is 15.0 Å². The van der Waals surface area contributed by atoms with E-state index in [0.29, 0.717) is 40.0 Å². The fourth-order valence-electron chi connectivity index (χ4n) is 3.67. The van der Waals surface area contributed by atoms with Crippen LogP contribution in [-0.2, 0) is 19.3 Å². The lowest BCUT2D eigenvalue weighted by Gasteiger charge is -2.14. The monoisotopic (exact) mass is 453 g/mol. The molecule has 0 radical (unpaired) electrons. The topological polar surface area (TPSA) is 100.0 Å². The molecule has 9 nitrogen and oxygen atoms in total. The number of rotatable bonds is 6. The summed E-state index contributed by atoms with van der Waals surface area (Å²) in [5.74, 6) is 1.83. The zero-order valence-electron chi connectivity index (χ0n) is 19.2. The molecule has 0 saturated carbocycles. The zero-order chi connectivity index (χ0) is 23.2. The van der Waals surface area contributed by atoms with Crippen LogP contribution in [0.5, 0.6) is 0 Å². The van der Waals surface area contributed by atoms with Gasteiger partial charge in [-0.15, -0.1) is 0 Å². The van der Waals surface area contributed by atoms with Gasteiger partial charge in [-0.25, -0.2) is 24.7 Å². The molecule has 10 heteroatoms. The third-order valence-corrected chi connectivity index (χ3v) is 6.31. The minimum Gasteiger partial charge on any atom is -0.288 e. The number of aryl methyl sites for hydroxylation is 3. The van der Waals surface area contributed by atoms with E-state index >= 15 is 0 Å². The minimum atomic E-state index is -0.377. The van der Waals surface area contributed by atoms with Gasteiger partial charge in [0.1, 0.15) is 16.2 Å². The van der Waals surface area contributed by atoms with Gasteiger partial charge >= 0.3 is 5.69 Å². The Morgan fingerprint density at radius 3 is 2.53 bits per heavy atom. The van der Waals surface area contributed by atoms with E-state index < -0.39 is 0 Å². The Morgan fingerprint density at radius 2 is 1.84 bits per heavy atom. The van der Waals surface area contributed by atoms with E-state index in [4.69, 9.17) is 4.98 Å². The van der Waals surface area contributed by atoms with Crippen molar-refractivity contribution in [3.63, 3.8) is 0 Å². The largest absolute Gasteiger partial charge is 0.332 e. The van der Waals surface area contributed by atoms with Gasteiger partial charge in [0.25, 0.3) is 5.56 Å². The molecule has 0 N–H and O–H groups in total. The first-order chi connectivity index (χ1) is 15.2. The highest BCUT2D eigenvalue weighted by Gasteiger charge is 2.20. The lowest BCUT2D eigenvalue weighted by atomic mass is 10.2. The number of thioether (sulfide) groups is 1. The SMILES string of the molecule is CCCn1c(=O)n(C)c(=O)c2c(SCc3cn4c(C)cc(C)nc4n3)nc(C(C)C)nc21. The fraction of sp³-hybridized carbons (Fsp3) is 0.455. The maximum absolute atomic E-state index is 13.1. The smallest absolute Gasteiger partial charge is 0.288 e. The number of imidazole rings is 1. The first-order valence-electron chi connectivity index (χ1n) is 10.7. The highest BCUT2D eigenvalue weighted by Crippen LogP contribution is 2.27. The maximum atomic E-state index is 13.1. The van der Waals surface area contributed by atoms with Crippen molar-refractivity contribution in [1.82, 2.24) is 33.5 Å². The van der Waals surface area contributed by atoms with Crippen LogP contribution in [0.4, 0.5) is 0 Å². The molecule has 0 aliphatic rings. The molecule has 4 aromatic heterocycles. The average Bonchev–Trinajstić information content (AvgIpc) is 3.16. The van der Waals surface area contributed by atoms with E-state index in [0.717, 1.165) is 28.1 Å². The lowest BCUT2D eigenvalue weighted by Crippen LogP contribution is -2.39. The van der Waals surface area contributed by atoms with Crippen LogP contribution in [0.3, 0.4) is 0 Å². The number of nitrogens with zero attached hydrogens (tertiary/aromatic N) is 7. The van der Waals surface area contributed by atoms with Crippen molar-refractivity contribution in [2.45, 2.75) is 64.3 Å². The second-order valence-electron chi connectivity index (χ2n) is 8.27. The number of fused-ring (bicyclic) bond motifs is 2. The third kappa shape index (κ3) is 3.83. The van der Waals surface area contributed by atoms with Gasteiger partial charge in [-0.3, -0.25) is 18.3 Å². The van der Waals surface area contributed by atoms with E-state index in [1.165, 1.54) is 18.8 Å². The Kier molecular flexibility index (Phi) is 5.89. The standard InChI is InChI=1S/C22H27N7O2S/c1-7-8-28-18-16(20(30)27(6)22(28)31)19(26-17(25-18)12(2)3)32-11-15-10-29-14(5)9-13(4)23-21(29)24-15/h9-10,12H,7-8,11H2,1-6H3. The summed E-state index contributed by atoms with van der Waals surface area (Å²) in [7, 11) is 1.50. The summed E-state index contributed by atoms with van der Waals surface area (Å²) in [5, 5.41) is 0.950. The molecule has 0 bridgehead atoms. The molecule has 0 spiro atoms. The molecule has 0 aliphatic heterocycles. The zero-order valence-corrected chi connectivity index (χ0v) is 20.0. The Balaban J connectivity index is 1.85. The van der Waals surface area contributed by atoms with Crippen molar-refractivity contribution >= 4 is 28.6 Å². The lowest BCUT2D eigenvalue weighted by molar-refractivity contribution is 0.603. The van der Waals surface area contributed by atoms with E-state index in [9.17, 15) is 9.59 Å². The second kappa shape index (κ2) is 8.50. The predicted octanol–water partition coefficient (Wildman–Crippen LogP) is 2.98. The van der Waals surface area contributed by atoms with E-state index in [-0.39, 0.29) is 17.2 Å². The first-order valence-corrected chi connectivity index (χ1v) is 11.7. The van der Waals surface area contributed by atoms with Crippen molar-refractivity contribution in [3.8, 4) is 0 Å². The van der Waals surface area contributed by atoms with Gasteiger partial charge in [-0.2, -0.15) is 0 Å². The normalized spacial score (nSPS) is 11.8. The van der Waals surface area contributed by atoms with Crippen molar-refractivity contribution in [2.24, 2.45) is 7.05 Å². The molecule has 0 amide bonds. The summed E-state index contributed by atoms with van der Waals surface area (Å²) in [4.78, 5) is 44.3. The first kappa shape index (κ1) is 22.2. The minimum absolute atomic E-state index is 0.0537. The highest BCUT2D eigenvalue weighted by atomic mass is 32.2. The van der Waals surface area contributed by atoms with E-state index in [1.54, 1.807) is 4.57 Å². The molecule has 4 aromatic rings. The Morgan fingerprint density at radius 1 is 1.09 bits per heavy atom. The summed E-state index contributed by atoms with van der Waals surface area (Å²) in [6, 6.07) is 2.01. The molecule has 4 rings (SSSR count). The van der Waals surface area contributed by atoms with Crippen LogP contribution in [0.15, 0.2) is 26.9 Å². The van der Waals surface area contributed by atoms with Gasteiger partial charge in [-0.05, 0) is 26.3 Å². The van der Waals surface area contributed by atoms with Gasteiger partial charge in [0.05, 0.1) is 5.69 Å². The highest BCUT2D eigenvalue weighted by molar-refractivity contribution is 7.98. The molecule has 0 unspecified atom stereocenters. The molecule has 168 valence electrons. The average molecular weight is 454 g/mol. The molecule has 32 heavy (non-hydrogen) atoms. The van der Waals surface area contributed by atoms with Crippen LogP contribution in [-0.4, -0.2) is 33.5 Å². The van der Waals surface area contributed by atoms with Gasteiger partial charge in [0, 0.05) is 42.8 Å². The van der Waals surface area contributed by atoms with Crippen LogP contribution < -0.4 is 11.2 Å². The van der Waals surface area contributed by atoms with Crippen molar-refractivity contribution in [2.75, 3.05) is 0 Å². The fourth-order valence-corrected chi connectivity index (χ4v) is 4.58. The number of hydrogen-bond acceptors (Lipinski definition) is 7. The molecule has 0 saturated heterocycles. The number of aromatic nitrogens is 7. The Bertz CT molecular complexity index is 1450. The Hall–Kier alpha value is -3.01. The molecule has 0 fully saturated rings. The second-order valence-corrected chi connectivity index (χ2v) is 9.23. The summed E-state index contributed by atoms with van der Waals surface area (Å²) in [5.41, 5.74) is 2.49. The van der Waals surface area contributed by atoms with Crippen LogP contribution in [0.25, 0.3) is 16.8 Å². The summed E-state index contributed by atoms with van der Waals surface area (Å²) in [6.45, 7) is 10.4. The van der Waals surface area contributed by atoms with Gasteiger partial charge in [-0.1, -0.05) is 32.5 Å².